The van der Waals surface area contributed by atoms with Crippen LogP contribution < -0.4 is 4.74 Å². The Morgan fingerprint density at radius 2 is 2.00 bits per heavy atom. The lowest BCUT2D eigenvalue weighted by Crippen LogP contribution is -2.35. The summed E-state index contributed by atoms with van der Waals surface area (Å²) in [6.45, 7) is 11.3. The molecule has 4 rings (SSSR count). The van der Waals surface area contributed by atoms with Gasteiger partial charge in [-0.25, -0.2) is 9.97 Å². The number of hydrogen-bond acceptors (Lipinski definition) is 5. The van der Waals surface area contributed by atoms with Crippen LogP contribution in [-0.4, -0.2) is 39.0 Å². The van der Waals surface area contributed by atoms with Crippen molar-refractivity contribution in [3.05, 3.63) is 76.1 Å². The van der Waals surface area contributed by atoms with E-state index in [2.05, 4.69) is 54.9 Å². The van der Waals surface area contributed by atoms with Crippen molar-refractivity contribution in [1.82, 2.24) is 14.9 Å². The van der Waals surface area contributed by atoms with E-state index < -0.39 is 5.97 Å². The Bertz CT molecular complexity index is 1190. The maximum atomic E-state index is 10.9. The number of carbonyl (C=O) groups is 1. The summed E-state index contributed by atoms with van der Waals surface area (Å²) >= 11 is 0. The van der Waals surface area contributed by atoms with E-state index in [0.29, 0.717) is 6.61 Å². The highest BCUT2D eigenvalue weighted by molar-refractivity contribution is 5.67. The largest absolute Gasteiger partial charge is 0.489 e. The molecule has 178 valence electrons. The number of aliphatic carboxylic acids is 1. The molecule has 0 radical (unpaired) electrons. The van der Waals surface area contributed by atoms with Crippen LogP contribution in [0.25, 0.3) is 11.4 Å². The number of ether oxygens (including phenoxy) is 1. The lowest BCUT2D eigenvalue weighted by molar-refractivity contribution is -0.138. The summed E-state index contributed by atoms with van der Waals surface area (Å²) in [5.74, 6) is 0.983. The van der Waals surface area contributed by atoms with Crippen molar-refractivity contribution in [2.75, 3.05) is 13.1 Å². The number of nitrogens with zero attached hydrogens (tertiary/aromatic N) is 3. The topological polar surface area (TPSA) is 75.6 Å². The molecule has 2 aromatic carbocycles. The van der Waals surface area contributed by atoms with Crippen molar-refractivity contribution in [3.63, 3.8) is 0 Å². The molecule has 1 aliphatic rings. The van der Waals surface area contributed by atoms with Crippen LogP contribution in [0.2, 0.25) is 0 Å². The molecule has 1 unspecified atom stereocenters. The van der Waals surface area contributed by atoms with E-state index in [-0.39, 0.29) is 12.3 Å². The summed E-state index contributed by atoms with van der Waals surface area (Å²) in [7, 11) is 0. The fraction of sp³-hybridized carbons (Fsp3) is 0.393. The van der Waals surface area contributed by atoms with Crippen LogP contribution in [0.3, 0.4) is 0 Å². The third-order valence-corrected chi connectivity index (χ3v) is 6.64. The van der Waals surface area contributed by atoms with Crippen LogP contribution in [-0.2, 0) is 24.4 Å². The van der Waals surface area contributed by atoms with Crippen LogP contribution in [0.5, 0.6) is 5.75 Å². The van der Waals surface area contributed by atoms with Crippen molar-refractivity contribution < 1.29 is 14.6 Å². The van der Waals surface area contributed by atoms with Gasteiger partial charge in [0, 0.05) is 49.8 Å². The van der Waals surface area contributed by atoms with Crippen molar-refractivity contribution in [1.29, 1.82) is 0 Å². The lowest BCUT2D eigenvalue weighted by atomic mass is 10.0. The Morgan fingerprint density at radius 1 is 1.18 bits per heavy atom. The number of carboxylic acid groups (broad SMARTS) is 1. The smallest absolute Gasteiger partial charge is 0.303 e. The van der Waals surface area contributed by atoms with E-state index in [0.717, 1.165) is 60.0 Å². The molecule has 34 heavy (non-hydrogen) atoms. The second-order valence-electron chi connectivity index (χ2n) is 9.48. The molecule has 1 N–H and O–H groups in total. The first-order chi connectivity index (χ1) is 16.3. The SMILES string of the molecule is Cc1cc(-c2ncc3c(n2)CCN(CC(C)CC(=O)O)C3)ccc1OCc1cccc(C)c1C. The fourth-order valence-corrected chi connectivity index (χ4v) is 4.55. The Labute approximate surface area is 201 Å². The average molecular weight is 460 g/mol. The standard InChI is InChI=1S/C28H33N3O3/c1-18(12-27(32)33)15-31-11-10-25-24(16-31)14-29-28(30-25)22-8-9-26(20(3)13-22)34-17-23-7-5-6-19(2)21(23)4/h5-9,13-14,18H,10-12,15-17H2,1-4H3,(H,32,33). The molecule has 1 atom stereocenters. The summed E-state index contributed by atoms with van der Waals surface area (Å²) in [6.07, 6.45) is 2.97. The Morgan fingerprint density at radius 3 is 2.76 bits per heavy atom. The van der Waals surface area contributed by atoms with Gasteiger partial charge in [0.05, 0.1) is 5.69 Å². The molecule has 0 fully saturated rings. The second-order valence-corrected chi connectivity index (χ2v) is 9.48. The van der Waals surface area contributed by atoms with Crippen LogP contribution >= 0.6 is 0 Å². The molecule has 0 amide bonds. The highest BCUT2D eigenvalue weighted by Gasteiger charge is 2.21. The van der Waals surface area contributed by atoms with Crippen molar-refractivity contribution in [2.24, 2.45) is 5.92 Å². The summed E-state index contributed by atoms with van der Waals surface area (Å²) in [4.78, 5) is 22.7. The first-order valence-electron chi connectivity index (χ1n) is 11.9. The summed E-state index contributed by atoms with van der Waals surface area (Å²) < 4.78 is 6.12. The van der Waals surface area contributed by atoms with Crippen molar-refractivity contribution in [2.45, 2.75) is 53.7 Å². The second kappa shape index (κ2) is 10.3. The van der Waals surface area contributed by atoms with Gasteiger partial charge in [-0.2, -0.15) is 0 Å². The van der Waals surface area contributed by atoms with E-state index in [1.54, 1.807) is 0 Å². The van der Waals surface area contributed by atoms with Gasteiger partial charge in [-0.1, -0.05) is 25.1 Å². The minimum absolute atomic E-state index is 0.123. The maximum Gasteiger partial charge on any atom is 0.303 e. The predicted octanol–water partition coefficient (Wildman–Crippen LogP) is 5.12. The fourth-order valence-electron chi connectivity index (χ4n) is 4.55. The van der Waals surface area contributed by atoms with Crippen LogP contribution in [0.15, 0.2) is 42.6 Å². The van der Waals surface area contributed by atoms with Gasteiger partial charge < -0.3 is 9.84 Å². The first-order valence-corrected chi connectivity index (χ1v) is 11.9. The number of rotatable bonds is 8. The van der Waals surface area contributed by atoms with Gasteiger partial charge in [-0.05, 0) is 67.1 Å². The van der Waals surface area contributed by atoms with Crippen molar-refractivity contribution in [3.8, 4) is 17.1 Å². The number of aromatic nitrogens is 2. The van der Waals surface area contributed by atoms with Gasteiger partial charge in [-0.15, -0.1) is 0 Å². The third-order valence-electron chi connectivity index (χ3n) is 6.64. The minimum atomic E-state index is -0.741. The number of hydrogen-bond donors (Lipinski definition) is 1. The van der Waals surface area contributed by atoms with Gasteiger partial charge in [0.2, 0.25) is 0 Å². The van der Waals surface area contributed by atoms with E-state index in [1.165, 1.54) is 16.7 Å². The molecule has 0 saturated heterocycles. The monoisotopic (exact) mass is 459 g/mol. The quantitative estimate of drug-likeness (QED) is 0.504. The highest BCUT2D eigenvalue weighted by atomic mass is 16.5. The van der Waals surface area contributed by atoms with Gasteiger partial charge >= 0.3 is 5.97 Å². The van der Waals surface area contributed by atoms with Crippen LogP contribution in [0.4, 0.5) is 0 Å². The third kappa shape index (κ3) is 5.62. The molecule has 0 bridgehead atoms. The van der Waals surface area contributed by atoms with Gasteiger partial charge in [0.1, 0.15) is 12.4 Å². The molecule has 6 nitrogen and oxygen atoms in total. The van der Waals surface area contributed by atoms with Crippen molar-refractivity contribution >= 4 is 5.97 Å². The van der Waals surface area contributed by atoms with E-state index in [1.807, 2.05) is 25.3 Å². The normalized spacial score (nSPS) is 14.5. The van der Waals surface area contributed by atoms with E-state index in [4.69, 9.17) is 14.8 Å². The zero-order valence-electron chi connectivity index (χ0n) is 20.5. The number of aryl methyl sites for hydroxylation is 2. The molecule has 2 heterocycles. The number of carboxylic acids is 1. The Kier molecular flexibility index (Phi) is 7.27. The zero-order chi connectivity index (χ0) is 24.2. The molecule has 0 spiro atoms. The number of benzene rings is 2. The molecular formula is C28H33N3O3. The molecule has 0 saturated carbocycles. The van der Waals surface area contributed by atoms with Gasteiger partial charge in [0.15, 0.2) is 5.82 Å². The Balaban J connectivity index is 1.42. The van der Waals surface area contributed by atoms with Gasteiger partial charge in [-0.3, -0.25) is 9.69 Å². The van der Waals surface area contributed by atoms with Crippen LogP contribution in [0, 0.1) is 26.7 Å². The molecular weight excluding hydrogens is 426 g/mol. The first kappa shape index (κ1) is 23.9. The number of fused-ring (bicyclic) bond motifs is 1. The average Bonchev–Trinajstić information content (AvgIpc) is 2.79. The van der Waals surface area contributed by atoms with Gasteiger partial charge in [0.25, 0.3) is 0 Å². The molecule has 0 aliphatic carbocycles. The molecule has 6 heteroatoms. The highest BCUT2D eigenvalue weighted by Crippen LogP contribution is 2.27. The van der Waals surface area contributed by atoms with Crippen LogP contribution in [0.1, 0.15) is 46.9 Å². The van der Waals surface area contributed by atoms with E-state index in [9.17, 15) is 4.79 Å². The molecule has 1 aromatic heterocycles. The summed E-state index contributed by atoms with van der Waals surface area (Å²) in [5, 5.41) is 9.00. The lowest BCUT2D eigenvalue weighted by Gasteiger charge is -2.29. The summed E-state index contributed by atoms with van der Waals surface area (Å²) in [5.41, 5.74) is 8.00. The molecule has 3 aromatic rings. The summed E-state index contributed by atoms with van der Waals surface area (Å²) in [6, 6.07) is 12.4. The van der Waals surface area contributed by atoms with E-state index >= 15 is 0 Å². The predicted molar refractivity (Wildman–Crippen MR) is 133 cm³/mol. The minimum Gasteiger partial charge on any atom is -0.489 e. The zero-order valence-corrected chi connectivity index (χ0v) is 20.5. The maximum absolute atomic E-state index is 10.9. The Hall–Kier alpha value is -3.25. The molecule has 1 aliphatic heterocycles.